The van der Waals surface area contributed by atoms with Crippen LogP contribution in [0.25, 0.3) is 0 Å². The molecule has 0 aliphatic carbocycles. The van der Waals surface area contributed by atoms with Gasteiger partial charge in [0.1, 0.15) is 6.54 Å². The molecule has 0 radical (unpaired) electrons. The fourth-order valence-corrected chi connectivity index (χ4v) is 5.85. The number of fused-ring (bicyclic) bond motifs is 1. The second kappa shape index (κ2) is 8.59. The molecule has 0 unspecified atom stereocenters. The van der Waals surface area contributed by atoms with Gasteiger partial charge in [-0.25, -0.2) is 8.42 Å². The van der Waals surface area contributed by atoms with Crippen molar-refractivity contribution in [3.63, 3.8) is 0 Å². The number of anilines is 2. The zero-order valence-corrected chi connectivity index (χ0v) is 18.7. The van der Waals surface area contributed by atoms with E-state index < -0.39 is 26.9 Å². The molecule has 7 heteroatoms. The first kappa shape index (κ1) is 21.8. The van der Waals surface area contributed by atoms with Crippen LogP contribution in [0, 0.1) is 13.8 Å². The van der Waals surface area contributed by atoms with Crippen LogP contribution >= 0.6 is 0 Å². The van der Waals surface area contributed by atoms with Crippen LogP contribution in [0.15, 0.2) is 77.7 Å². The van der Waals surface area contributed by atoms with Crippen LogP contribution < -0.4 is 10.2 Å². The third kappa shape index (κ3) is 4.16. The topological polar surface area (TPSA) is 83.6 Å². The number of nitrogens with zero attached hydrogens (tertiary/aromatic N) is 1. The second-order valence-electron chi connectivity index (χ2n) is 7.96. The van der Waals surface area contributed by atoms with E-state index in [-0.39, 0.29) is 23.5 Å². The molecule has 6 nitrogen and oxygen atoms in total. The van der Waals surface area contributed by atoms with Crippen molar-refractivity contribution in [2.24, 2.45) is 0 Å². The average molecular weight is 449 g/mol. The Morgan fingerprint density at radius 3 is 2.44 bits per heavy atom. The smallest absolute Gasteiger partial charge is 0.244 e. The molecule has 32 heavy (non-hydrogen) atoms. The molecule has 2 amide bonds. The number of hydrogen-bond acceptors (Lipinski definition) is 4. The van der Waals surface area contributed by atoms with Gasteiger partial charge >= 0.3 is 0 Å². The minimum absolute atomic E-state index is 0.0549. The summed E-state index contributed by atoms with van der Waals surface area (Å²) in [5.74, 6) is -0.805. The number of amides is 2. The van der Waals surface area contributed by atoms with Crippen molar-refractivity contribution in [1.82, 2.24) is 0 Å². The van der Waals surface area contributed by atoms with E-state index in [0.29, 0.717) is 11.3 Å². The first-order chi connectivity index (χ1) is 15.3. The lowest BCUT2D eigenvalue weighted by molar-refractivity contribution is -0.121. The van der Waals surface area contributed by atoms with Gasteiger partial charge in [0.2, 0.25) is 11.8 Å². The van der Waals surface area contributed by atoms with Crippen LogP contribution in [0.4, 0.5) is 11.4 Å². The Balaban J connectivity index is 1.70. The Morgan fingerprint density at radius 1 is 1.00 bits per heavy atom. The molecule has 0 saturated carbocycles. The first-order valence-corrected chi connectivity index (χ1v) is 11.9. The highest BCUT2D eigenvalue weighted by molar-refractivity contribution is 7.92. The van der Waals surface area contributed by atoms with Crippen molar-refractivity contribution >= 4 is 33.0 Å². The van der Waals surface area contributed by atoms with Crippen molar-refractivity contribution in [1.29, 1.82) is 0 Å². The Hall–Kier alpha value is -3.45. The second-order valence-corrected chi connectivity index (χ2v) is 10.1. The van der Waals surface area contributed by atoms with E-state index in [1.54, 1.807) is 48.5 Å². The summed E-state index contributed by atoms with van der Waals surface area (Å²) in [6.45, 7) is 3.54. The zero-order valence-electron chi connectivity index (χ0n) is 17.9. The number of rotatable bonds is 4. The number of carbonyl (C=O) groups excluding carboxylic acids is 2. The summed E-state index contributed by atoms with van der Waals surface area (Å²) in [6.07, 6.45) is -0.238. The molecule has 4 rings (SSSR count). The third-order valence-electron chi connectivity index (χ3n) is 5.64. The molecular formula is C25H24N2O4S. The van der Waals surface area contributed by atoms with E-state index in [1.807, 2.05) is 32.0 Å². The summed E-state index contributed by atoms with van der Waals surface area (Å²) in [5, 5.41) is 1.84. The first-order valence-electron chi connectivity index (χ1n) is 10.3. The molecule has 1 aliphatic heterocycles. The number of aryl methyl sites for hydroxylation is 2. The number of sulfone groups is 1. The molecule has 0 spiro atoms. The van der Waals surface area contributed by atoms with Gasteiger partial charge in [-0.2, -0.15) is 0 Å². The average Bonchev–Trinajstić information content (AvgIpc) is 2.85. The van der Waals surface area contributed by atoms with Gasteiger partial charge < -0.3 is 10.2 Å². The van der Waals surface area contributed by atoms with Gasteiger partial charge in [-0.05, 0) is 48.7 Å². The lowest BCUT2D eigenvalue weighted by Crippen LogP contribution is -2.38. The molecule has 3 aromatic rings. The highest BCUT2D eigenvalue weighted by Crippen LogP contribution is 2.40. The number of nitrogens with one attached hydrogen (secondary N) is 1. The molecule has 0 bridgehead atoms. The summed E-state index contributed by atoms with van der Waals surface area (Å²) in [5.41, 5.74) is 3.35. The van der Waals surface area contributed by atoms with Gasteiger partial charge in [0, 0.05) is 12.1 Å². The summed E-state index contributed by atoms with van der Waals surface area (Å²) >= 11 is 0. The van der Waals surface area contributed by atoms with Gasteiger partial charge in [0.05, 0.1) is 15.8 Å². The van der Waals surface area contributed by atoms with Crippen molar-refractivity contribution in [3.8, 4) is 0 Å². The van der Waals surface area contributed by atoms with Crippen molar-refractivity contribution in [2.75, 3.05) is 16.8 Å². The molecule has 1 atom stereocenters. The van der Waals surface area contributed by atoms with Crippen LogP contribution in [0.2, 0.25) is 0 Å². The molecule has 3 aromatic carbocycles. The minimum Gasteiger partial charge on any atom is -0.324 e. The SMILES string of the molecule is Cc1ccc(C)c(NC(=O)CN2C(=O)C[C@@H](c3ccccc3)S(=O)(=O)c3ccccc32)c1. The highest BCUT2D eigenvalue weighted by Gasteiger charge is 2.39. The molecule has 0 saturated heterocycles. The Bertz CT molecular complexity index is 1290. The predicted octanol–water partition coefficient (Wildman–Crippen LogP) is 4.19. The molecular weight excluding hydrogens is 424 g/mol. The van der Waals surface area contributed by atoms with Crippen molar-refractivity contribution in [2.45, 2.75) is 30.4 Å². The lowest BCUT2D eigenvalue weighted by Gasteiger charge is -2.22. The fourth-order valence-electron chi connectivity index (χ4n) is 3.93. The summed E-state index contributed by atoms with van der Waals surface area (Å²) < 4.78 is 27.0. The van der Waals surface area contributed by atoms with Crippen LogP contribution in [0.5, 0.6) is 0 Å². The molecule has 1 heterocycles. The van der Waals surface area contributed by atoms with Gasteiger partial charge in [-0.15, -0.1) is 0 Å². The third-order valence-corrected chi connectivity index (χ3v) is 7.78. The monoisotopic (exact) mass is 448 g/mol. The van der Waals surface area contributed by atoms with E-state index in [2.05, 4.69) is 5.32 Å². The lowest BCUT2D eigenvalue weighted by atomic mass is 10.1. The normalized spacial score (nSPS) is 17.4. The Kier molecular flexibility index (Phi) is 5.84. The molecule has 1 aliphatic rings. The highest BCUT2D eigenvalue weighted by atomic mass is 32.2. The van der Waals surface area contributed by atoms with E-state index in [1.165, 1.54) is 11.0 Å². The number of carbonyl (C=O) groups is 2. The van der Waals surface area contributed by atoms with Crippen molar-refractivity contribution < 1.29 is 18.0 Å². The standard InChI is InChI=1S/C25H24N2O4S/c1-17-12-13-18(2)20(14-17)26-24(28)16-27-21-10-6-7-11-22(21)32(30,31)23(15-25(27)29)19-8-4-3-5-9-19/h3-14,23H,15-16H2,1-2H3,(H,26,28)/t23-/m0/s1. The van der Waals surface area contributed by atoms with Crippen molar-refractivity contribution in [3.05, 3.63) is 89.5 Å². The minimum atomic E-state index is -3.84. The molecule has 1 N–H and O–H groups in total. The molecule has 164 valence electrons. The van der Waals surface area contributed by atoms with Gasteiger partial charge in [0.25, 0.3) is 0 Å². The zero-order chi connectivity index (χ0) is 22.9. The maximum absolute atomic E-state index is 13.5. The summed E-state index contributed by atoms with van der Waals surface area (Å²) in [7, 11) is -3.84. The summed E-state index contributed by atoms with van der Waals surface area (Å²) in [6, 6.07) is 20.8. The Morgan fingerprint density at radius 2 is 1.69 bits per heavy atom. The number of para-hydroxylation sites is 1. The largest absolute Gasteiger partial charge is 0.324 e. The van der Waals surface area contributed by atoms with E-state index in [0.717, 1.165) is 11.1 Å². The Labute approximate surface area is 187 Å². The summed E-state index contributed by atoms with van der Waals surface area (Å²) in [4.78, 5) is 27.4. The maximum Gasteiger partial charge on any atom is 0.244 e. The van der Waals surface area contributed by atoms with Crippen LogP contribution in [0.3, 0.4) is 0 Å². The number of benzene rings is 3. The maximum atomic E-state index is 13.5. The van der Waals surface area contributed by atoms with E-state index in [9.17, 15) is 18.0 Å². The van der Waals surface area contributed by atoms with Crippen LogP contribution in [-0.4, -0.2) is 26.8 Å². The fraction of sp³-hybridized carbons (Fsp3) is 0.200. The number of hydrogen-bond donors (Lipinski definition) is 1. The van der Waals surface area contributed by atoms with Crippen LogP contribution in [-0.2, 0) is 19.4 Å². The van der Waals surface area contributed by atoms with Gasteiger partial charge in [-0.1, -0.05) is 54.6 Å². The molecule has 0 aromatic heterocycles. The molecule has 0 fully saturated rings. The predicted molar refractivity (Wildman–Crippen MR) is 124 cm³/mol. The van der Waals surface area contributed by atoms with Gasteiger partial charge in [0.15, 0.2) is 9.84 Å². The quantitative estimate of drug-likeness (QED) is 0.649. The van der Waals surface area contributed by atoms with E-state index >= 15 is 0 Å². The van der Waals surface area contributed by atoms with Crippen LogP contribution in [0.1, 0.15) is 28.4 Å². The van der Waals surface area contributed by atoms with E-state index in [4.69, 9.17) is 0 Å². The van der Waals surface area contributed by atoms with Gasteiger partial charge in [-0.3, -0.25) is 9.59 Å².